The zero-order valence-electron chi connectivity index (χ0n) is 10.9. The standard InChI is InChI=1S/C15H21NO2/c1-12(15(18)14-7-3-2-4-8-14)16-9-5-6-13(10-16)11-17/h2-4,7-8,12-13,17H,5-6,9-11H2,1H3. The van der Waals surface area contributed by atoms with E-state index in [4.69, 9.17) is 0 Å². The van der Waals surface area contributed by atoms with Crippen molar-refractivity contribution >= 4 is 5.78 Å². The summed E-state index contributed by atoms with van der Waals surface area (Å²) >= 11 is 0. The lowest BCUT2D eigenvalue weighted by molar-refractivity contribution is 0.0673. The number of likely N-dealkylation sites (tertiary alicyclic amines) is 1. The fourth-order valence-corrected chi connectivity index (χ4v) is 2.61. The molecule has 1 aromatic carbocycles. The number of carbonyl (C=O) groups excluding carboxylic acids is 1. The minimum atomic E-state index is -0.0956. The Kier molecular flexibility index (Phi) is 4.50. The summed E-state index contributed by atoms with van der Waals surface area (Å²) in [5.41, 5.74) is 0.774. The smallest absolute Gasteiger partial charge is 0.179 e. The number of ketones is 1. The SMILES string of the molecule is CC(C(=O)c1ccccc1)N1CCCC(CO)C1. The molecular weight excluding hydrogens is 226 g/mol. The lowest BCUT2D eigenvalue weighted by Gasteiger charge is -2.35. The first-order chi connectivity index (χ1) is 8.72. The fourth-order valence-electron chi connectivity index (χ4n) is 2.61. The molecule has 1 heterocycles. The van der Waals surface area contributed by atoms with Gasteiger partial charge in [-0.3, -0.25) is 9.69 Å². The number of piperidine rings is 1. The van der Waals surface area contributed by atoms with Gasteiger partial charge in [0, 0.05) is 18.7 Å². The Morgan fingerprint density at radius 2 is 2.17 bits per heavy atom. The number of aliphatic hydroxyl groups excluding tert-OH is 1. The highest BCUT2D eigenvalue weighted by Gasteiger charge is 2.27. The van der Waals surface area contributed by atoms with E-state index in [0.29, 0.717) is 5.92 Å². The summed E-state index contributed by atoms with van der Waals surface area (Å²) < 4.78 is 0. The molecular formula is C15H21NO2. The van der Waals surface area contributed by atoms with E-state index in [0.717, 1.165) is 31.5 Å². The minimum absolute atomic E-state index is 0.0956. The zero-order chi connectivity index (χ0) is 13.0. The van der Waals surface area contributed by atoms with Crippen molar-refractivity contribution < 1.29 is 9.90 Å². The number of carbonyl (C=O) groups is 1. The molecule has 0 aliphatic carbocycles. The normalized spacial score (nSPS) is 22.7. The molecule has 3 nitrogen and oxygen atoms in total. The van der Waals surface area contributed by atoms with E-state index in [1.165, 1.54) is 0 Å². The van der Waals surface area contributed by atoms with Gasteiger partial charge in [-0.05, 0) is 32.2 Å². The Bertz CT molecular complexity index is 391. The van der Waals surface area contributed by atoms with Gasteiger partial charge in [-0.1, -0.05) is 30.3 Å². The summed E-state index contributed by atoms with van der Waals surface area (Å²) in [7, 11) is 0. The highest BCUT2D eigenvalue weighted by Crippen LogP contribution is 2.19. The van der Waals surface area contributed by atoms with E-state index in [1.54, 1.807) is 0 Å². The van der Waals surface area contributed by atoms with Gasteiger partial charge in [0.15, 0.2) is 5.78 Å². The molecule has 2 atom stereocenters. The van der Waals surface area contributed by atoms with Gasteiger partial charge in [-0.15, -0.1) is 0 Å². The van der Waals surface area contributed by atoms with Crippen molar-refractivity contribution in [1.82, 2.24) is 4.90 Å². The molecule has 1 N–H and O–H groups in total. The summed E-state index contributed by atoms with van der Waals surface area (Å²) in [6.45, 7) is 3.98. The largest absolute Gasteiger partial charge is 0.396 e. The Balaban J connectivity index is 2.02. The molecule has 2 unspecified atom stereocenters. The van der Waals surface area contributed by atoms with E-state index < -0.39 is 0 Å². The number of hydrogen-bond acceptors (Lipinski definition) is 3. The molecule has 1 aliphatic heterocycles. The average molecular weight is 247 g/mol. The van der Waals surface area contributed by atoms with Crippen molar-refractivity contribution in [2.24, 2.45) is 5.92 Å². The quantitative estimate of drug-likeness (QED) is 0.827. The lowest BCUT2D eigenvalue weighted by atomic mass is 9.95. The predicted octanol–water partition coefficient (Wildman–Crippen LogP) is 1.96. The van der Waals surface area contributed by atoms with Crippen molar-refractivity contribution in [3.05, 3.63) is 35.9 Å². The van der Waals surface area contributed by atoms with Crippen LogP contribution in [0.15, 0.2) is 30.3 Å². The van der Waals surface area contributed by atoms with Gasteiger partial charge in [-0.2, -0.15) is 0 Å². The third-order valence-corrected chi connectivity index (χ3v) is 3.79. The van der Waals surface area contributed by atoms with Gasteiger partial charge in [-0.25, -0.2) is 0 Å². The Labute approximate surface area is 108 Å². The number of aliphatic hydroxyl groups is 1. The van der Waals surface area contributed by atoms with Crippen LogP contribution in [0.2, 0.25) is 0 Å². The summed E-state index contributed by atoms with van der Waals surface area (Å²) in [6.07, 6.45) is 2.14. The minimum Gasteiger partial charge on any atom is -0.396 e. The van der Waals surface area contributed by atoms with Crippen LogP contribution < -0.4 is 0 Å². The summed E-state index contributed by atoms with van der Waals surface area (Å²) in [5.74, 6) is 0.499. The van der Waals surface area contributed by atoms with Crippen LogP contribution in [-0.4, -0.2) is 41.5 Å². The van der Waals surface area contributed by atoms with Gasteiger partial charge in [0.1, 0.15) is 0 Å². The topological polar surface area (TPSA) is 40.5 Å². The van der Waals surface area contributed by atoms with Crippen LogP contribution in [-0.2, 0) is 0 Å². The van der Waals surface area contributed by atoms with Crippen LogP contribution in [0.25, 0.3) is 0 Å². The molecule has 1 fully saturated rings. The molecule has 0 radical (unpaired) electrons. The Morgan fingerprint density at radius 1 is 1.44 bits per heavy atom. The van der Waals surface area contributed by atoms with Gasteiger partial charge in [0.2, 0.25) is 0 Å². The van der Waals surface area contributed by atoms with Crippen LogP contribution in [0.3, 0.4) is 0 Å². The lowest BCUT2D eigenvalue weighted by Crippen LogP contribution is -2.45. The molecule has 1 saturated heterocycles. The van der Waals surface area contributed by atoms with Crippen LogP contribution >= 0.6 is 0 Å². The third-order valence-electron chi connectivity index (χ3n) is 3.79. The first-order valence-electron chi connectivity index (χ1n) is 6.66. The maximum absolute atomic E-state index is 12.3. The predicted molar refractivity (Wildman–Crippen MR) is 71.6 cm³/mol. The van der Waals surface area contributed by atoms with Gasteiger partial charge >= 0.3 is 0 Å². The van der Waals surface area contributed by atoms with E-state index in [2.05, 4.69) is 4.90 Å². The van der Waals surface area contributed by atoms with Crippen molar-refractivity contribution in [2.75, 3.05) is 19.7 Å². The average Bonchev–Trinajstić information content (AvgIpc) is 2.46. The molecule has 0 aromatic heterocycles. The van der Waals surface area contributed by atoms with E-state index in [1.807, 2.05) is 37.3 Å². The first kappa shape index (κ1) is 13.2. The first-order valence-corrected chi connectivity index (χ1v) is 6.66. The number of hydrogen-bond donors (Lipinski definition) is 1. The molecule has 98 valence electrons. The zero-order valence-corrected chi connectivity index (χ0v) is 10.9. The second-order valence-corrected chi connectivity index (χ2v) is 5.09. The maximum atomic E-state index is 12.3. The molecule has 1 aliphatic rings. The molecule has 0 amide bonds. The van der Waals surface area contributed by atoms with Crippen LogP contribution in [0.1, 0.15) is 30.1 Å². The molecule has 3 heteroatoms. The number of rotatable bonds is 4. The van der Waals surface area contributed by atoms with Crippen molar-refractivity contribution in [2.45, 2.75) is 25.8 Å². The third kappa shape index (κ3) is 2.98. The fraction of sp³-hybridized carbons (Fsp3) is 0.533. The Morgan fingerprint density at radius 3 is 2.83 bits per heavy atom. The molecule has 2 rings (SSSR count). The van der Waals surface area contributed by atoms with E-state index in [9.17, 15) is 9.90 Å². The maximum Gasteiger partial charge on any atom is 0.179 e. The highest BCUT2D eigenvalue weighted by atomic mass is 16.3. The highest BCUT2D eigenvalue weighted by molar-refractivity contribution is 5.99. The molecule has 1 aromatic rings. The molecule has 0 bridgehead atoms. The number of benzene rings is 1. The second kappa shape index (κ2) is 6.12. The van der Waals surface area contributed by atoms with Crippen LogP contribution in [0, 0.1) is 5.92 Å². The number of nitrogens with zero attached hydrogens (tertiary/aromatic N) is 1. The molecule has 18 heavy (non-hydrogen) atoms. The Hall–Kier alpha value is -1.19. The van der Waals surface area contributed by atoms with Crippen LogP contribution in [0.5, 0.6) is 0 Å². The van der Waals surface area contributed by atoms with Gasteiger partial charge in [0.25, 0.3) is 0 Å². The summed E-state index contributed by atoms with van der Waals surface area (Å²) in [5, 5.41) is 9.23. The monoisotopic (exact) mass is 247 g/mol. The summed E-state index contributed by atoms with van der Waals surface area (Å²) in [4.78, 5) is 14.5. The molecule has 0 spiro atoms. The summed E-state index contributed by atoms with van der Waals surface area (Å²) in [6, 6.07) is 9.35. The van der Waals surface area contributed by atoms with Crippen LogP contribution in [0.4, 0.5) is 0 Å². The van der Waals surface area contributed by atoms with Crippen molar-refractivity contribution in [1.29, 1.82) is 0 Å². The van der Waals surface area contributed by atoms with Gasteiger partial charge < -0.3 is 5.11 Å². The van der Waals surface area contributed by atoms with E-state index >= 15 is 0 Å². The number of Topliss-reactive ketones (excluding diaryl/α,β-unsaturated/α-hetero) is 1. The second-order valence-electron chi connectivity index (χ2n) is 5.09. The molecule has 0 saturated carbocycles. The van der Waals surface area contributed by atoms with Crippen molar-refractivity contribution in [3.8, 4) is 0 Å². The van der Waals surface area contributed by atoms with Crippen molar-refractivity contribution in [3.63, 3.8) is 0 Å². The van der Waals surface area contributed by atoms with E-state index in [-0.39, 0.29) is 18.4 Å². The van der Waals surface area contributed by atoms with Gasteiger partial charge in [0.05, 0.1) is 6.04 Å².